The van der Waals surface area contributed by atoms with Crippen molar-refractivity contribution in [3.63, 3.8) is 0 Å². The van der Waals surface area contributed by atoms with E-state index in [1.807, 2.05) is 58.8 Å². The van der Waals surface area contributed by atoms with Gasteiger partial charge in [0.15, 0.2) is 23.0 Å². The van der Waals surface area contributed by atoms with Crippen molar-refractivity contribution in [2.75, 3.05) is 37.7 Å². The molecule has 180 valence electrons. The number of carbonyl (C=O) groups is 1. The van der Waals surface area contributed by atoms with Crippen LogP contribution in [0.25, 0.3) is 11.1 Å². The van der Waals surface area contributed by atoms with E-state index >= 15 is 0 Å². The Morgan fingerprint density at radius 3 is 2.66 bits per heavy atom. The van der Waals surface area contributed by atoms with Gasteiger partial charge in [-0.25, -0.2) is 4.98 Å². The highest BCUT2D eigenvalue weighted by molar-refractivity contribution is 7.09. The van der Waals surface area contributed by atoms with Crippen LogP contribution in [0.1, 0.15) is 29.5 Å². The van der Waals surface area contributed by atoms with Crippen molar-refractivity contribution in [3.05, 3.63) is 70.7 Å². The van der Waals surface area contributed by atoms with Crippen molar-refractivity contribution < 1.29 is 18.7 Å². The molecule has 0 spiro atoms. The van der Waals surface area contributed by atoms with E-state index in [9.17, 15) is 4.79 Å². The Morgan fingerprint density at radius 2 is 1.86 bits per heavy atom. The maximum absolute atomic E-state index is 13.6. The number of anilines is 1. The van der Waals surface area contributed by atoms with Crippen LogP contribution in [0.4, 0.5) is 5.69 Å². The van der Waals surface area contributed by atoms with E-state index in [1.54, 1.807) is 11.3 Å². The summed E-state index contributed by atoms with van der Waals surface area (Å²) in [6.45, 7) is 3.65. The van der Waals surface area contributed by atoms with E-state index in [0.29, 0.717) is 32.1 Å². The summed E-state index contributed by atoms with van der Waals surface area (Å²) in [5.74, 6) is 2.60. The highest BCUT2D eigenvalue weighted by atomic mass is 32.1. The lowest BCUT2D eigenvalue weighted by Gasteiger charge is -2.32. The standard InChI is InChI=1S/C27H27N3O4S/c31-26(18-29-11-9-19(10-12-29)27-28-22-5-1-2-6-23(22)34-27)30(17-21-4-3-15-35-21)20-7-8-24-25(16-20)33-14-13-32-24/h1-8,15-16,19H,9-14,17-18H2. The minimum atomic E-state index is 0.0791. The molecule has 0 atom stereocenters. The quantitative estimate of drug-likeness (QED) is 0.377. The van der Waals surface area contributed by atoms with E-state index in [1.165, 1.54) is 0 Å². The lowest BCUT2D eigenvalue weighted by atomic mass is 9.97. The van der Waals surface area contributed by atoms with E-state index in [-0.39, 0.29) is 11.8 Å². The van der Waals surface area contributed by atoms with Crippen molar-refractivity contribution >= 4 is 34.0 Å². The molecule has 6 rings (SSSR count). The number of oxazole rings is 1. The molecule has 4 aromatic rings. The number of carbonyl (C=O) groups excluding carboxylic acids is 1. The van der Waals surface area contributed by atoms with Crippen LogP contribution in [0.2, 0.25) is 0 Å². The maximum Gasteiger partial charge on any atom is 0.241 e. The molecule has 0 unspecified atom stereocenters. The number of ether oxygens (including phenoxy) is 2. The summed E-state index contributed by atoms with van der Waals surface area (Å²) in [7, 11) is 0. The fraction of sp³-hybridized carbons (Fsp3) is 0.333. The minimum absolute atomic E-state index is 0.0791. The van der Waals surface area contributed by atoms with Gasteiger partial charge in [-0.3, -0.25) is 9.69 Å². The number of nitrogens with zero attached hydrogens (tertiary/aromatic N) is 3. The molecule has 4 heterocycles. The van der Waals surface area contributed by atoms with Gasteiger partial charge in [-0.15, -0.1) is 11.3 Å². The van der Waals surface area contributed by atoms with Gasteiger partial charge in [-0.2, -0.15) is 0 Å². The summed E-state index contributed by atoms with van der Waals surface area (Å²) >= 11 is 1.66. The Morgan fingerprint density at radius 1 is 1.03 bits per heavy atom. The second-order valence-corrected chi connectivity index (χ2v) is 9.99. The lowest BCUT2D eigenvalue weighted by molar-refractivity contribution is -0.120. The predicted molar refractivity (Wildman–Crippen MR) is 135 cm³/mol. The summed E-state index contributed by atoms with van der Waals surface area (Å²) < 4.78 is 17.4. The second-order valence-electron chi connectivity index (χ2n) is 8.96. The summed E-state index contributed by atoms with van der Waals surface area (Å²) in [6.07, 6.45) is 1.85. The van der Waals surface area contributed by atoms with Gasteiger partial charge in [-0.05, 0) is 61.6 Å². The number of thiophene rings is 1. The summed E-state index contributed by atoms with van der Waals surface area (Å²) in [5, 5.41) is 2.04. The van der Waals surface area contributed by atoms with Crippen LogP contribution in [0, 0.1) is 0 Å². The zero-order valence-electron chi connectivity index (χ0n) is 19.4. The largest absolute Gasteiger partial charge is 0.486 e. The first kappa shape index (κ1) is 22.1. The number of fused-ring (bicyclic) bond motifs is 2. The van der Waals surface area contributed by atoms with Crippen LogP contribution in [-0.2, 0) is 11.3 Å². The monoisotopic (exact) mass is 489 g/mol. The fourth-order valence-corrected chi connectivity index (χ4v) is 5.45. The first-order valence-electron chi connectivity index (χ1n) is 12.0. The molecular weight excluding hydrogens is 462 g/mol. The highest BCUT2D eigenvalue weighted by Crippen LogP contribution is 2.35. The number of para-hydroxylation sites is 2. The molecule has 1 saturated heterocycles. The third-order valence-corrected chi connectivity index (χ3v) is 7.50. The molecule has 2 aliphatic heterocycles. The van der Waals surface area contributed by atoms with E-state index in [2.05, 4.69) is 16.0 Å². The SMILES string of the molecule is O=C(CN1CCC(c2nc3ccccc3o2)CC1)N(Cc1cccs1)c1ccc2c(c1)OCCO2. The third-order valence-electron chi connectivity index (χ3n) is 6.64. The number of piperidine rings is 1. The van der Waals surface area contributed by atoms with Crippen molar-refractivity contribution in [3.8, 4) is 11.5 Å². The smallest absolute Gasteiger partial charge is 0.241 e. The maximum atomic E-state index is 13.6. The van der Waals surface area contributed by atoms with Crippen LogP contribution in [0.5, 0.6) is 11.5 Å². The molecule has 2 aromatic carbocycles. The number of hydrogen-bond donors (Lipinski definition) is 0. The topological polar surface area (TPSA) is 68.0 Å². The Labute approximate surface area is 207 Å². The molecule has 0 saturated carbocycles. The Balaban J connectivity index is 1.14. The molecule has 2 aliphatic rings. The van der Waals surface area contributed by atoms with Gasteiger partial charge in [0.05, 0.1) is 13.1 Å². The van der Waals surface area contributed by atoms with Crippen molar-refractivity contribution in [2.45, 2.75) is 25.3 Å². The fourth-order valence-electron chi connectivity index (χ4n) is 4.76. The predicted octanol–water partition coefficient (Wildman–Crippen LogP) is 5.07. The van der Waals surface area contributed by atoms with Crippen molar-refractivity contribution in [2.24, 2.45) is 0 Å². The average molecular weight is 490 g/mol. The molecule has 1 fully saturated rings. The minimum Gasteiger partial charge on any atom is -0.486 e. The van der Waals surface area contributed by atoms with Gasteiger partial charge >= 0.3 is 0 Å². The number of amides is 1. The number of aromatic nitrogens is 1. The molecule has 0 bridgehead atoms. The third kappa shape index (κ3) is 4.76. The molecule has 0 radical (unpaired) electrons. The van der Waals surface area contributed by atoms with Gasteiger partial charge < -0.3 is 18.8 Å². The van der Waals surface area contributed by atoms with Crippen LogP contribution in [-0.4, -0.2) is 48.6 Å². The summed E-state index contributed by atoms with van der Waals surface area (Å²) in [6, 6.07) is 17.7. The second kappa shape index (κ2) is 9.71. The molecule has 0 N–H and O–H groups in total. The molecule has 7 nitrogen and oxygen atoms in total. The average Bonchev–Trinajstić information content (AvgIpc) is 3.57. The highest BCUT2D eigenvalue weighted by Gasteiger charge is 2.28. The van der Waals surface area contributed by atoms with Crippen molar-refractivity contribution in [1.29, 1.82) is 0 Å². The lowest BCUT2D eigenvalue weighted by Crippen LogP contribution is -2.43. The molecule has 8 heteroatoms. The van der Waals surface area contributed by atoms with Crippen LogP contribution in [0.15, 0.2) is 64.4 Å². The Hall–Kier alpha value is -3.36. The van der Waals surface area contributed by atoms with Crippen LogP contribution < -0.4 is 14.4 Å². The number of hydrogen-bond acceptors (Lipinski definition) is 7. The molecular formula is C27H27N3O4S. The molecule has 0 aliphatic carbocycles. The molecule has 1 amide bonds. The zero-order chi connectivity index (χ0) is 23.6. The number of rotatable bonds is 6. The van der Waals surface area contributed by atoms with Gasteiger partial charge in [0.1, 0.15) is 18.7 Å². The number of benzene rings is 2. The normalized spacial score (nSPS) is 16.5. The molecule has 2 aromatic heterocycles. The van der Waals surface area contributed by atoms with Gasteiger partial charge in [-0.1, -0.05) is 18.2 Å². The summed E-state index contributed by atoms with van der Waals surface area (Å²) in [4.78, 5) is 23.5. The van der Waals surface area contributed by atoms with Crippen molar-refractivity contribution in [1.82, 2.24) is 9.88 Å². The van der Waals surface area contributed by atoms with Gasteiger partial charge in [0.2, 0.25) is 5.91 Å². The van der Waals surface area contributed by atoms with E-state index in [0.717, 1.165) is 59.2 Å². The zero-order valence-corrected chi connectivity index (χ0v) is 20.2. The van der Waals surface area contributed by atoms with E-state index in [4.69, 9.17) is 13.9 Å². The summed E-state index contributed by atoms with van der Waals surface area (Å²) in [5.41, 5.74) is 2.57. The van der Waals surface area contributed by atoms with Gasteiger partial charge in [0, 0.05) is 22.5 Å². The number of likely N-dealkylation sites (tertiary alicyclic amines) is 1. The Bertz CT molecular complexity index is 1280. The Kier molecular flexibility index (Phi) is 6.14. The first-order valence-corrected chi connectivity index (χ1v) is 12.9. The first-order chi connectivity index (χ1) is 17.2. The van der Waals surface area contributed by atoms with Gasteiger partial charge in [0.25, 0.3) is 0 Å². The molecule has 35 heavy (non-hydrogen) atoms. The van der Waals surface area contributed by atoms with E-state index < -0.39 is 0 Å². The van der Waals surface area contributed by atoms with Crippen LogP contribution >= 0.6 is 11.3 Å². The van der Waals surface area contributed by atoms with Crippen LogP contribution in [0.3, 0.4) is 0 Å².